The Balaban J connectivity index is 2.07. The summed E-state index contributed by atoms with van der Waals surface area (Å²) < 4.78 is 1.62. The standard InChI is InChI=1S/C24H29N3O2S/c1-5-15-25-22(28)17(4)30-24-26-21-10-8-7-9-20(21)23(29)27(24)19-13-11-18(12-14-19)16(3)6-2/h7-14,16-17H,5-6,15H2,1-4H3,(H,25,28)/t16-,17+/m0/s1. The van der Waals surface area contributed by atoms with E-state index in [-0.39, 0.29) is 16.7 Å². The molecule has 0 spiro atoms. The molecule has 1 aromatic heterocycles. The normalized spacial score (nSPS) is 13.2. The molecule has 6 heteroatoms. The van der Waals surface area contributed by atoms with E-state index < -0.39 is 0 Å². The highest BCUT2D eigenvalue weighted by Gasteiger charge is 2.20. The molecule has 3 aromatic rings. The first-order chi connectivity index (χ1) is 14.5. The number of carbonyl (C=O) groups is 1. The maximum Gasteiger partial charge on any atom is 0.266 e. The van der Waals surface area contributed by atoms with Crippen LogP contribution in [0.1, 0.15) is 52.0 Å². The van der Waals surface area contributed by atoms with Gasteiger partial charge in [-0.25, -0.2) is 4.98 Å². The van der Waals surface area contributed by atoms with Crippen molar-refractivity contribution in [3.05, 3.63) is 64.4 Å². The molecule has 2 atom stereocenters. The second-order valence-corrected chi connectivity index (χ2v) is 8.81. The van der Waals surface area contributed by atoms with E-state index in [0.29, 0.717) is 28.5 Å². The first-order valence-corrected chi connectivity index (χ1v) is 11.4. The Morgan fingerprint density at radius 3 is 2.47 bits per heavy atom. The number of para-hydroxylation sites is 1. The number of carbonyl (C=O) groups excluding carboxylic acids is 1. The van der Waals surface area contributed by atoms with Gasteiger partial charge < -0.3 is 5.32 Å². The maximum atomic E-state index is 13.4. The SMILES string of the molecule is CCCNC(=O)[C@@H](C)Sc1nc2ccccc2c(=O)n1-c1ccc([C@@H](C)CC)cc1. The zero-order chi connectivity index (χ0) is 21.7. The number of thioether (sulfide) groups is 1. The molecule has 1 amide bonds. The van der Waals surface area contributed by atoms with Crippen LogP contribution in [-0.2, 0) is 4.79 Å². The average molecular weight is 424 g/mol. The quantitative estimate of drug-likeness (QED) is 0.413. The van der Waals surface area contributed by atoms with Crippen molar-refractivity contribution in [3.63, 3.8) is 0 Å². The molecule has 0 aliphatic heterocycles. The van der Waals surface area contributed by atoms with Crippen LogP contribution >= 0.6 is 11.8 Å². The summed E-state index contributed by atoms with van der Waals surface area (Å²) in [4.78, 5) is 30.5. The van der Waals surface area contributed by atoms with Gasteiger partial charge in [-0.1, -0.05) is 56.8 Å². The first-order valence-electron chi connectivity index (χ1n) is 10.5. The zero-order valence-electron chi connectivity index (χ0n) is 18.0. The molecule has 5 nitrogen and oxygen atoms in total. The fraction of sp³-hybridized carbons (Fsp3) is 0.375. The highest BCUT2D eigenvalue weighted by Crippen LogP contribution is 2.26. The summed E-state index contributed by atoms with van der Waals surface area (Å²) >= 11 is 1.31. The van der Waals surface area contributed by atoms with Crippen LogP contribution in [-0.4, -0.2) is 27.3 Å². The summed E-state index contributed by atoms with van der Waals surface area (Å²) in [5, 5.41) is 3.64. The van der Waals surface area contributed by atoms with Crippen molar-refractivity contribution in [2.75, 3.05) is 6.54 Å². The second-order valence-electron chi connectivity index (χ2n) is 7.50. The van der Waals surface area contributed by atoms with E-state index in [1.165, 1.54) is 17.3 Å². The lowest BCUT2D eigenvalue weighted by Gasteiger charge is -2.17. The summed E-state index contributed by atoms with van der Waals surface area (Å²) in [6.07, 6.45) is 1.94. The summed E-state index contributed by atoms with van der Waals surface area (Å²) in [5.74, 6) is 0.407. The first kappa shape index (κ1) is 22.1. The van der Waals surface area contributed by atoms with Crippen LogP contribution in [0.3, 0.4) is 0 Å². The number of nitrogens with one attached hydrogen (secondary N) is 1. The smallest absolute Gasteiger partial charge is 0.266 e. The van der Waals surface area contributed by atoms with Gasteiger partial charge in [0.2, 0.25) is 5.91 Å². The molecule has 0 saturated heterocycles. The Bertz CT molecular complexity index is 1080. The summed E-state index contributed by atoms with van der Waals surface area (Å²) in [6, 6.07) is 15.4. The largest absolute Gasteiger partial charge is 0.355 e. The van der Waals surface area contributed by atoms with E-state index in [2.05, 4.69) is 31.3 Å². The lowest BCUT2D eigenvalue weighted by atomic mass is 9.98. The molecule has 0 radical (unpaired) electrons. The Morgan fingerprint density at radius 1 is 1.10 bits per heavy atom. The Labute approximate surface area is 181 Å². The topological polar surface area (TPSA) is 64.0 Å². The fourth-order valence-corrected chi connectivity index (χ4v) is 4.16. The summed E-state index contributed by atoms with van der Waals surface area (Å²) in [7, 11) is 0. The third-order valence-corrected chi connectivity index (χ3v) is 6.33. The molecular weight excluding hydrogens is 394 g/mol. The molecule has 0 bridgehead atoms. The predicted molar refractivity (Wildman–Crippen MR) is 125 cm³/mol. The molecule has 1 heterocycles. The molecular formula is C24H29N3O2S. The molecule has 2 aromatic carbocycles. The van der Waals surface area contributed by atoms with Crippen LogP contribution in [0.4, 0.5) is 0 Å². The molecule has 0 unspecified atom stereocenters. The minimum atomic E-state index is -0.366. The predicted octanol–water partition coefficient (Wildman–Crippen LogP) is 4.91. The molecule has 1 N–H and O–H groups in total. The van der Waals surface area contributed by atoms with Gasteiger partial charge in [-0.3, -0.25) is 14.2 Å². The average Bonchev–Trinajstić information content (AvgIpc) is 2.77. The van der Waals surface area contributed by atoms with Crippen LogP contribution in [0, 0.1) is 0 Å². The molecule has 3 rings (SSSR count). The van der Waals surface area contributed by atoms with Gasteiger partial charge in [0.1, 0.15) is 0 Å². The highest BCUT2D eigenvalue weighted by atomic mass is 32.2. The van der Waals surface area contributed by atoms with E-state index in [1.54, 1.807) is 10.6 Å². The molecule has 158 valence electrons. The lowest BCUT2D eigenvalue weighted by Crippen LogP contribution is -2.32. The van der Waals surface area contributed by atoms with Crippen molar-refractivity contribution >= 4 is 28.6 Å². The van der Waals surface area contributed by atoms with Gasteiger partial charge >= 0.3 is 0 Å². The van der Waals surface area contributed by atoms with Crippen molar-refractivity contribution in [2.45, 2.75) is 56.9 Å². The van der Waals surface area contributed by atoms with Crippen LogP contribution < -0.4 is 10.9 Å². The van der Waals surface area contributed by atoms with Crippen LogP contribution in [0.15, 0.2) is 58.5 Å². The van der Waals surface area contributed by atoms with E-state index in [9.17, 15) is 9.59 Å². The number of hydrogen-bond acceptors (Lipinski definition) is 4. The fourth-order valence-electron chi connectivity index (χ4n) is 3.21. The van der Waals surface area contributed by atoms with Gasteiger partial charge in [-0.15, -0.1) is 0 Å². The maximum absolute atomic E-state index is 13.4. The van der Waals surface area contributed by atoms with Crippen LogP contribution in [0.5, 0.6) is 0 Å². The monoisotopic (exact) mass is 423 g/mol. The van der Waals surface area contributed by atoms with Gasteiger partial charge in [-0.05, 0) is 55.5 Å². The summed E-state index contributed by atoms with van der Waals surface area (Å²) in [5.41, 5.74) is 2.51. The van der Waals surface area contributed by atoms with Gasteiger partial charge in [0, 0.05) is 6.54 Å². The Hall–Kier alpha value is -2.60. The number of aromatic nitrogens is 2. The third kappa shape index (κ3) is 4.75. The lowest BCUT2D eigenvalue weighted by molar-refractivity contribution is -0.120. The number of rotatable bonds is 8. The van der Waals surface area contributed by atoms with Gasteiger partial charge in [0.25, 0.3) is 5.56 Å². The minimum Gasteiger partial charge on any atom is -0.355 e. The van der Waals surface area contributed by atoms with Crippen molar-refractivity contribution in [2.24, 2.45) is 0 Å². The number of hydrogen-bond donors (Lipinski definition) is 1. The number of amides is 1. The van der Waals surface area contributed by atoms with Gasteiger partial charge in [0.05, 0.1) is 21.8 Å². The van der Waals surface area contributed by atoms with E-state index in [4.69, 9.17) is 4.98 Å². The highest BCUT2D eigenvalue weighted by molar-refractivity contribution is 8.00. The second kappa shape index (κ2) is 9.94. The van der Waals surface area contributed by atoms with Gasteiger partial charge in [0.15, 0.2) is 5.16 Å². The van der Waals surface area contributed by atoms with Crippen molar-refractivity contribution in [1.82, 2.24) is 14.9 Å². The molecule has 0 saturated carbocycles. The third-order valence-electron chi connectivity index (χ3n) is 5.28. The van der Waals surface area contributed by atoms with E-state index in [0.717, 1.165) is 18.5 Å². The van der Waals surface area contributed by atoms with Gasteiger partial charge in [-0.2, -0.15) is 0 Å². The molecule has 30 heavy (non-hydrogen) atoms. The Kier molecular flexibility index (Phi) is 7.32. The molecule has 0 fully saturated rings. The van der Waals surface area contributed by atoms with Crippen LogP contribution in [0.2, 0.25) is 0 Å². The van der Waals surface area contributed by atoms with Crippen molar-refractivity contribution in [1.29, 1.82) is 0 Å². The number of nitrogens with zero attached hydrogens (tertiary/aromatic N) is 2. The molecule has 0 aliphatic rings. The van der Waals surface area contributed by atoms with E-state index in [1.807, 2.05) is 44.2 Å². The number of benzene rings is 2. The van der Waals surface area contributed by atoms with Crippen LogP contribution in [0.25, 0.3) is 16.6 Å². The van der Waals surface area contributed by atoms with Crippen molar-refractivity contribution in [3.8, 4) is 5.69 Å². The number of fused-ring (bicyclic) bond motifs is 1. The van der Waals surface area contributed by atoms with Crippen molar-refractivity contribution < 1.29 is 4.79 Å². The molecule has 0 aliphatic carbocycles. The summed E-state index contributed by atoms with van der Waals surface area (Å²) in [6.45, 7) is 8.85. The van der Waals surface area contributed by atoms with E-state index >= 15 is 0 Å². The minimum absolute atomic E-state index is 0.0528. The Morgan fingerprint density at radius 2 is 1.80 bits per heavy atom. The zero-order valence-corrected chi connectivity index (χ0v) is 18.8.